The summed E-state index contributed by atoms with van der Waals surface area (Å²) in [5.74, 6) is 0.529. The van der Waals surface area contributed by atoms with Gasteiger partial charge in [-0.15, -0.1) is 0 Å². The highest BCUT2D eigenvalue weighted by Crippen LogP contribution is 2.26. The van der Waals surface area contributed by atoms with Crippen molar-refractivity contribution in [1.82, 2.24) is 0 Å². The molecule has 0 bridgehead atoms. The number of ether oxygens (including phenoxy) is 1. The average molecular weight is 290 g/mol. The Bertz CT molecular complexity index is 582. The summed E-state index contributed by atoms with van der Waals surface area (Å²) in [7, 11) is 0. The number of para-hydroxylation sites is 1. The van der Waals surface area contributed by atoms with Crippen LogP contribution in [-0.2, 0) is 17.5 Å². The van der Waals surface area contributed by atoms with E-state index in [-0.39, 0.29) is 0 Å². The fraction of sp³-hybridized carbons (Fsp3) is 0.250. The molecular formula is C16H18O3S. The summed E-state index contributed by atoms with van der Waals surface area (Å²) in [4.78, 5) is 0.338. The van der Waals surface area contributed by atoms with Crippen LogP contribution in [0.3, 0.4) is 0 Å². The van der Waals surface area contributed by atoms with Crippen molar-refractivity contribution in [2.24, 2.45) is 0 Å². The molecule has 0 fully saturated rings. The lowest BCUT2D eigenvalue weighted by atomic mass is 10.1. The molecule has 1 atom stereocenters. The summed E-state index contributed by atoms with van der Waals surface area (Å²) in [5, 5.41) is 0. The standard InChI is InChI=1S/C16H18O3S/c1-13-7-5-11-15(20(17)18)16(13)19-12-6-10-14-8-3-2-4-9-14/h2-5,7-9,11H,6,10,12H2,1H3,(H,17,18). The predicted molar refractivity (Wildman–Crippen MR) is 80.5 cm³/mol. The lowest BCUT2D eigenvalue weighted by molar-refractivity contribution is 0.301. The fourth-order valence-electron chi connectivity index (χ4n) is 2.04. The minimum absolute atomic E-state index is 0.338. The van der Waals surface area contributed by atoms with Crippen LogP contribution in [0.15, 0.2) is 53.4 Å². The molecule has 1 unspecified atom stereocenters. The zero-order valence-electron chi connectivity index (χ0n) is 11.4. The molecule has 0 aliphatic heterocycles. The van der Waals surface area contributed by atoms with E-state index in [2.05, 4.69) is 12.1 Å². The Hall–Kier alpha value is -1.65. The van der Waals surface area contributed by atoms with E-state index in [0.717, 1.165) is 18.4 Å². The van der Waals surface area contributed by atoms with E-state index < -0.39 is 11.1 Å². The molecule has 0 aliphatic rings. The SMILES string of the molecule is Cc1cccc(S(=O)O)c1OCCCc1ccccc1. The highest BCUT2D eigenvalue weighted by molar-refractivity contribution is 7.79. The third-order valence-corrected chi connectivity index (χ3v) is 3.76. The molecule has 1 N–H and O–H groups in total. The molecule has 2 aromatic rings. The molecule has 0 radical (unpaired) electrons. The van der Waals surface area contributed by atoms with E-state index in [1.807, 2.05) is 31.2 Å². The van der Waals surface area contributed by atoms with E-state index in [0.29, 0.717) is 17.3 Å². The van der Waals surface area contributed by atoms with Crippen molar-refractivity contribution in [3.63, 3.8) is 0 Å². The van der Waals surface area contributed by atoms with E-state index in [1.165, 1.54) is 5.56 Å². The summed E-state index contributed by atoms with van der Waals surface area (Å²) >= 11 is -2.02. The van der Waals surface area contributed by atoms with Crippen molar-refractivity contribution >= 4 is 11.1 Å². The Morgan fingerprint density at radius 1 is 1.10 bits per heavy atom. The van der Waals surface area contributed by atoms with Crippen molar-refractivity contribution < 1.29 is 13.5 Å². The summed E-state index contributed by atoms with van der Waals surface area (Å²) < 4.78 is 26.2. The van der Waals surface area contributed by atoms with Crippen LogP contribution in [0, 0.1) is 6.92 Å². The molecule has 106 valence electrons. The van der Waals surface area contributed by atoms with Crippen molar-refractivity contribution in [2.75, 3.05) is 6.61 Å². The Balaban J connectivity index is 1.93. The number of benzene rings is 2. The maximum Gasteiger partial charge on any atom is 0.190 e. The summed E-state index contributed by atoms with van der Waals surface area (Å²) in [6.45, 7) is 2.41. The second-order valence-corrected chi connectivity index (χ2v) is 5.53. The molecule has 0 saturated carbocycles. The zero-order chi connectivity index (χ0) is 14.4. The minimum atomic E-state index is -2.02. The van der Waals surface area contributed by atoms with E-state index in [1.54, 1.807) is 12.1 Å². The van der Waals surface area contributed by atoms with Crippen LogP contribution in [0.4, 0.5) is 0 Å². The van der Waals surface area contributed by atoms with Crippen LogP contribution in [-0.4, -0.2) is 15.4 Å². The normalized spacial score (nSPS) is 12.1. The van der Waals surface area contributed by atoms with Gasteiger partial charge < -0.3 is 9.29 Å². The minimum Gasteiger partial charge on any atom is -0.492 e. The molecule has 0 aromatic heterocycles. The second-order valence-electron chi connectivity index (χ2n) is 4.59. The lowest BCUT2D eigenvalue weighted by Gasteiger charge is -2.12. The zero-order valence-corrected chi connectivity index (χ0v) is 12.2. The van der Waals surface area contributed by atoms with Crippen LogP contribution in [0.2, 0.25) is 0 Å². The Morgan fingerprint density at radius 2 is 1.85 bits per heavy atom. The van der Waals surface area contributed by atoms with E-state index in [4.69, 9.17) is 4.74 Å². The van der Waals surface area contributed by atoms with Crippen molar-refractivity contribution in [2.45, 2.75) is 24.7 Å². The van der Waals surface area contributed by atoms with Gasteiger partial charge in [-0.25, -0.2) is 4.21 Å². The smallest absolute Gasteiger partial charge is 0.190 e. The van der Waals surface area contributed by atoms with Crippen molar-refractivity contribution in [1.29, 1.82) is 0 Å². The molecule has 0 amide bonds. The third-order valence-electron chi connectivity index (χ3n) is 3.06. The molecule has 0 spiro atoms. The van der Waals surface area contributed by atoms with Crippen LogP contribution >= 0.6 is 0 Å². The molecule has 0 aliphatic carbocycles. The van der Waals surface area contributed by atoms with Gasteiger partial charge in [-0.05, 0) is 37.0 Å². The van der Waals surface area contributed by atoms with Gasteiger partial charge in [-0.3, -0.25) is 0 Å². The first-order chi connectivity index (χ1) is 9.68. The first-order valence-electron chi connectivity index (χ1n) is 6.55. The maximum absolute atomic E-state index is 11.3. The van der Waals surface area contributed by atoms with E-state index in [9.17, 15) is 8.76 Å². The fourth-order valence-corrected chi connectivity index (χ4v) is 2.62. The van der Waals surface area contributed by atoms with Crippen LogP contribution in [0.5, 0.6) is 5.75 Å². The van der Waals surface area contributed by atoms with Crippen molar-refractivity contribution in [3.8, 4) is 5.75 Å². The van der Waals surface area contributed by atoms with Crippen LogP contribution < -0.4 is 4.74 Å². The van der Waals surface area contributed by atoms with Gasteiger partial charge in [0.2, 0.25) is 0 Å². The molecule has 2 rings (SSSR count). The Labute approximate surface area is 121 Å². The summed E-state index contributed by atoms with van der Waals surface area (Å²) in [5.41, 5.74) is 2.15. The largest absolute Gasteiger partial charge is 0.492 e. The number of hydrogen-bond donors (Lipinski definition) is 1. The van der Waals surface area contributed by atoms with Gasteiger partial charge in [0.25, 0.3) is 0 Å². The third kappa shape index (κ3) is 3.92. The van der Waals surface area contributed by atoms with Crippen LogP contribution in [0.1, 0.15) is 17.5 Å². The van der Waals surface area contributed by atoms with Gasteiger partial charge in [-0.1, -0.05) is 42.5 Å². The summed E-state index contributed by atoms with van der Waals surface area (Å²) in [6, 6.07) is 15.5. The molecular weight excluding hydrogens is 272 g/mol. The molecule has 4 heteroatoms. The van der Waals surface area contributed by atoms with Gasteiger partial charge >= 0.3 is 0 Å². The predicted octanol–water partition coefficient (Wildman–Crippen LogP) is 3.59. The molecule has 20 heavy (non-hydrogen) atoms. The Morgan fingerprint density at radius 3 is 2.55 bits per heavy atom. The van der Waals surface area contributed by atoms with Gasteiger partial charge in [0.1, 0.15) is 10.6 Å². The number of aryl methyl sites for hydroxylation is 2. The monoisotopic (exact) mass is 290 g/mol. The first kappa shape index (κ1) is 14.8. The summed E-state index contributed by atoms with van der Waals surface area (Å²) in [6.07, 6.45) is 1.81. The second kappa shape index (κ2) is 7.22. The van der Waals surface area contributed by atoms with Crippen molar-refractivity contribution in [3.05, 3.63) is 59.7 Å². The quantitative estimate of drug-likeness (QED) is 0.653. The maximum atomic E-state index is 11.3. The Kier molecular flexibility index (Phi) is 5.32. The van der Waals surface area contributed by atoms with Gasteiger partial charge in [0.05, 0.1) is 6.61 Å². The topological polar surface area (TPSA) is 46.5 Å². The first-order valence-corrected chi connectivity index (χ1v) is 7.66. The van der Waals surface area contributed by atoms with E-state index >= 15 is 0 Å². The lowest BCUT2D eigenvalue weighted by Crippen LogP contribution is -2.04. The average Bonchev–Trinajstić information content (AvgIpc) is 2.45. The molecule has 0 heterocycles. The van der Waals surface area contributed by atoms with Crippen LogP contribution in [0.25, 0.3) is 0 Å². The van der Waals surface area contributed by atoms with Gasteiger partial charge in [-0.2, -0.15) is 0 Å². The van der Waals surface area contributed by atoms with Gasteiger partial charge in [0, 0.05) is 0 Å². The van der Waals surface area contributed by atoms with Gasteiger partial charge in [0.15, 0.2) is 11.1 Å². The highest BCUT2D eigenvalue weighted by atomic mass is 32.2. The highest BCUT2D eigenvalue weighted by Gasteiger charge is 2.11. The number of rotatable bonds is 6. The molecule has 2 aromatic carbocycles. The molecule has 0 saturated heterocycles. The number of hydrogen-bond acceptors (Lipinski definition) is 2. The molecule has 3 nitrogen and oxygen atoms in total.